The van der Waals surface area contributed by atoms with Crippen LogP contribution in [-0.2, 0) is 11.3 Å². The molecule has 0 N–H and O–H groups in total. The molecule has 0 aliphatic carbocycles. The van der Waals surface area contributed by atoms with E-state index in [0.29, 0.717) is 12.1 Å². The molecule has 1 aliphatic rings. The molecule has 2 rings (SSSR count). The van der Waals surface area contributed by atoms with Gasteiger partial charge < -0.3 is 4.74 Å². The van der Waals surface area contributed by atoms with Crippen molar-refractivity contribution in [3.63, 3.8) is 0 Å². The summed E-state index contributed by atoms with van der Waals surface area (Å²) in [5.74, 6) is 0. The second kappa shape index (κ2) is 6.16. The van der Waals surface area contributed by atoms with E-state index in [9.17, 15) is 0 Å². The molecule has 1 aromatic rings. The minimum Gasteiger partial charge on any atom is -0.376 e. The monoisotopic (exact) mass is 345 g/mol. The molecule has 0 spiro atoms. The number of hydrogen-bond acceptors (Lipinski definition) is 2. The van der Waals surface area contributed by atoms with Crippen molar-refractivity contribution in [3.8, 4) is 0 Å². The fraction of sp³-hybridized carbons (Fsp3) is 0.571. The van der Waals surface area contributed by atoms with E-state index in [1.807, 2.05) is 0 Å². The van der Waals surface area contributed by atoms with E-state index in [2.05, 4.69) is 65.6 Å². The van der Waals surface area contributed by atoms with E-state index in [-0.39, 0.29) is 0 Å². The zero-order valence-electron chi connectivity index (χ0n) is 10.5. The molecule has 0 amide bonds. The third-order valence-corrected chi connectivity index (χ3v) is 4.07. The summed E-state index contributed by atoms with van der Waals surface area (Å²) >= 11 is 2.35. The minimum absolute atomic E-state index is 0.363. The Balaban J connectivity index is 2.02. The van der Waals surface area contributed by atoms with Gasteiger partial charge in [-0.1, -0.05) is 19.1 Å². The average Bonchev–Trinajstić information content (AvgIpc) is 2.32. The van der Waals surface area contributed by atoms with E-state index in [1.165, 1.54) is 9.13 Å². The fourth-order valence-electron chi connectivity index (χ4n) is 2.31. The predicted octanol–water partition coefficient (Wildman–Crippen LogP) is 3.29. The smallest absolute Gasteiger partial charge is 0.0674 e. The van der Waals surface area contributed by atoms with Crippen molar-refractivity contribution in [3.05, 3.63) is 33.4 Å². The normalized spacial score (nSPS) is 26.1. The van der Waals surface area contributed by atoms with Crippen molar-refractivity contribution < 1.29 is 4.74 Å². The van der Waals surface area contributed by atoms with Crippen LogP contribution in [0.4, 0.5) is 0 Å². The van der Waals surface area contributed by atoms with Crippen LogP contribution >= 0.6 is 22.6 Å². The number of halogens is 1. The van der Waals surface area contributed by atoms with E-state index in [1.54, 1.807) is 0 Å². The van der Waals surface area contributed by atoms with Gasteiger partial charge in [0.15, 0.2) is 0 Å². The molecule has 17 heavy (non-hydrogen) atoms. The van der Waals surface area contributed by atoms with Gasteiger partial charge >= 0.3 is 0 Å². The van der Waals surface area contributed by atoms with Gasteiger partial charge in [0.1, 0.15) is 0 Å². The first-order valence-corrected chi connectivity index (χ1v) is 7.37. The zero-order valence-corrected chi connectivity index (χ0v) is 12.7. The lowest BCUT2D eigenvalue weighted by atomic mass is 10.1. The molecule has 2 unspecified atom stereocenters. The lowest BCUT2D eigenvalue weighted by Crippen LogP contribution is -2.47. The highest BCUT2D eigenvalue weighted by atomic mass is 127. The Morgan fingerprint density at radius 3 is 2.71 bits per heavy atom. The number of nitrogens with zero attached hydrogens (tertiary/aromatic N) is 1. The second-order valence-electron chi connectivity index (χ2n) is 4.76. The summed E-state index contributed by atoms with van der Waals surface area (Å²) in [6.07, 6.45) is 1.53. The summed E-state index contributed by atoms with van der Waals surface area (Å²) in [4.78, 5) is 2.55. The molecule has 0 saturated carbocycles. The molecule has 1 heterocycles. The molecule has 3 heteroatoms. The standard InChI is InChI=1S/C14H20INO/c1-3-14-10-17-11(2)8-16(14)9-12-4-6-13(15)7-5-12/h4-7,11,14H,3,8-10H2,1-2H3. The minimum atomic E-state index is 0.363. The first-order chi connectivity index (χ1) is 8.19. The van der Waals surface area contributed by atoms with E-state index >= 15 is 0 Å². The summed E-state index contributed by atoms with van der Waals surface area (Å²) in [7, 11) is 0. The van der Waals surface area contributed by atoms with Gasteiger partial charge in [-0.15, -0.1) is 0 Å². The van der Waals surface area contributed by atoms with Crippen LogP contribution in [0.25, 0.3) is 0 Å². The summed E-state index contributed by atoms with van der Waals surface area (Å²) < 4.78 is 7.03. The van der Waals surface area contributed by atoms with E-state index in [4.69, 9.17) is 4.74 Å². The highest BCUT2D eigenvalue weighted by Crippen LogP contribution is 2.18. The van der Waals surface area contributed by atoms with Gasteiger partial charge in [0, 0.05) is 22.7 Å². The van der Waals surface area contributed by atoms with Crippen LogP contribution in [0.3, 0.4) is 0 Å². The number of rotatable bonds is 3. The maximum atomic E-state index is 5.73. The van der Waals surface area contributed by atoms with Crippen LogP contribution in [0.2, 0.25) is 0 Å². The number of morpholine rings is 1. The molecule has 2 nitrogen and oxygen atoms in total. The number of hydrogen-bond donors (Lipinski definition) is 0. The van der Waals surface area contributed by atoms with Crippen LogP contribution in [-0.4, -0.2) is 30.2 Å². The van der Waals surface area contributed by atoms with Gasteiger partial charge in [-0.2, -0.15) is 0 Å². The topological polar surface area (TPSA) is 12.5 Å². The van der Waals surface area contributed by atoms with Crippen molar-refractivity contribution >= 4 is 22.6 Å². The van der Waals surface area contributed by atoms with Crippen molar-refractivity contribution in [1.29, 1.82) is 0 Å². The lowest BCUT2D eigenvalue weighted by Gasteiger charge is -2.38. The van der Waals surface area contributed by atoms with Gasteiger partial charge in [0.25, 0.3) is 0 Å². The van der Waals surface area contributed by atoms with E-state index < -0.39 is 0 Å². The fourth-order valence-corrected chi connectivity index (χ4v) is 2.67. The molecular formula is C14H20INO. The molecular weight excluding hydrogens is 325 g/mol. The van der Waals surface area contributed by atoms with Crippen molar-refractivity contribution in [2.24, 2.45) is 0 Å². The molecule has 2 atom stereocenters. The van der Waals surface area contributed by atoms with Gasteiger partial charge in [-0.05, 0) is 53.6 Å². The Labute approximate surface area is 117 Å². The van der Waals surface area contributed by atoms with Crippen LogP contribution in [0.5, 0.6) is 0 Å². The summed E-state index contributed by atoms with van der Waals surface area (Å²) in [6, 6.07) is 9.40. The molecule has 0 aromatic heterocycles. The van der Waals surface area contributed by atoms with E-state index in [0.717, 1.165) is 26.1 Å². The van der Waals surface area contributed by atoms with Crippen molar-refractivity contribution in [2.45, 2.75) is 39.0 Å². The predicted molar refractivity (Wildman–Crippen MR) is 79.1 cm³/mol. The Hall–Kier alpha value is -0.130. The van der Waals surface area contributed by atoms with Crippen LogP contribution < -0.4 is 0 Å². The van der Waals surface area contributed by atoms with Gasteiger partial charge in [-0.25, -0.2) is 0 Å². The Morgan fingerprint density at radius 2 is 2.06 bits per heavy atom. The zero-order chi connectivity index (χ0) is 12.3. The van der Waals surface area contributed by atoms with Crippen LogP contribution in [0, 0.1) is 3.57 Å². The molecule has 1 aliphatic heterocycles. The Kier molecular flexibility index (Phi) is 4.82. The first kappa shape index (κ1) is 13.3. The molecule has 1 fully saturated rings. The number of benzene rings is 1. The third-order valence-electron chi connectivity index (χ3n) is 3.35. The van der Waals surface area contributed by atoms with Crippen molar-refractivity contribution in [1.82, 2.24) is 4.90 Å². The second-order valence-corrected chi connectivity index (χ2v) is 6.01. The maximum Gasteiger partial charge on any atom is 0.0674 e. The lowest BCUT2D eigenvalue weighted by molar-refractivity contribution is -0.0592. The third kappa shape index (κ3) is 3.66. The summed E-state index contributed by atoms with van der Waals surface area (Å²) in [5, 5.41) is 0. The Morgan fingerprint density at radius 1 is 1.35 bits per heavy atom. The molecule has 94 valence electrons. The highest BCUT2D eigenvalue weighted by Gasteiger charge is 2.25. The quantitative estimate of drug-likeness (QED) is 0.780. The van der Waals surface area contributed by atoms with Gasteiger partial charge in [0.2, 0.25) is 0 Å². The molecule has 0 radical (unpaired) electrons. The van der Waals surface area contributed by atoms with Gasteiger partial charge in [0.05, 0.1) is 12.7 Å². The highest BCUT2D eigenvalue weighted by molar-refractivity contribution is 14.1. The summed E-state index contributed by atoms with van der Waals surface area (Å²) in [6.45, 7) is 7.37. The average molecular weight is 345 g/mol. The van der Waals surface area contributed by atoms with Crippen LogP contribution in [0.1, 0.15) is 25.8 Å². The maximum absolute atomic E-state index is 5.73. The first-order valence-electron chi connectivity index (χ1n) is 6.29. The molecule has 0 bridgehead atoms. The van der Waals surface area contributed by atoms with Crippen LogP contribution in [0.15, 0.2) is 24.3 Å². The summed E-state index contributed by atoms with van der Waals surface area (Å²) in [5.41, 5.74) is 1.40. The largest absolute Gasteiger partial charge is 0.376 e. The SMILES string of the molecule is CCC1COC(C)CN1Cc1ccc(I)cc1. The number of ether oxygens (including phenoxy) is 1. The molecule has 1 aromatic carbocycles. The van der Waals surface area contributed by atoms with Gasteiger partial charge in [-0.3, -0.25) is 4.90 Å². The molecule has 1 saturated heterocycles. The van der Waals surface area contributed by atoms with Crippen molar-refractivity contribution in [2.75, 3.05) is 13.2 Å². The Bertz CT molecular complexity index is 352.